The monoisotopic (exact) mass is 384 g/mol. The predicted octanol–water partition coefficient (Wildman–Crippen LogP) is 4.31. The lowest BCUT2D eigenvalue weighted by atomic mass is 10.0. The Morgan fingerprint density at radius 3 is 2.72 bits per heavy atom. The van der Waals surface area contributed by atoms with Crippen molar-refractivity contribution >= 4 is 21.7 Å². The van der Waals surface area contributed by atoms with Crippen LogP contribution in [0.5, 0.6) is 0 Å². The Morgan fingerprint density at radius 1 is 1.00 bits per heavy atom. The Kier molecular flexibility index (Phi) is 4.88. The van der Waals surface area contributed by atoms with Gasteiger partial charge in [0.15, 0.2) is 0 Å². The van der Waals surface area contributed by atoms with E-state index in [0.29, 0.717) is 18.2 Å². The first-order valence-corrected chi connectivity index (χ1v) is 10.2. The van der Waals surface area contributed by atoms with Crippen molar-refractivity contribution in [1.29, 1.82) is 0 Å². The van der Waals surface area contributed by atoms with Crippen LogP contribution in [0.4, 0.5) is 0 Å². The summed E-state index contributed by atoms with van der Waals surface area (Å²) in [6, 6.07) is 24.8. The van der Waals surface area contributed by atoms with Crippen LogP contribution in [0.2, 0.25) is 0 Å². The second-order valence-electron chi connectivity index (χ2n) is 7.84. The van der Waals surface area contributed by atoms with E-state index in [-0.39, 0.29) is 5.63 Å². The minimum absolute atomic E-state index is 0.290. The summed E-state index contributed by atoms with van der Waals surface area (Å²) in [7, 11) is 0. The molecule has 0 unspecified atom stereocenters. The van der Waals surface area contributed by atoms with E-state index in [1.54, 1.807) is 6.07 Å². The van der Waals surface area contributed by atoms with Crippen molar-refractivity contribution in [2.75, 3.05) is 13.1 Å². The van der Waals surface area contributed by atoms with Gasteiger partial charge in [0.25, 0.3) is 0 Å². The van der Waals surface area contributed by atoms with Crippen LogP contribution in [0, 0.1) is 0 Å². The molecule has 0 radical (unpaired) electrons. The molecule has 29 heavy (non-hydrogen) atoms. The Hall–Kier alpha value is -2.95. The molecule has 0 saturated carbocycles. The molecule has 0 bridgehead atoms. The first-order chi connectivity index (χ1) is 14.3. The Bertz CT molecular complexity index is 1200. The van der Waals surface area contributed by atoms with Crippen molar-refractivity contribution < 1.29 is 4.42 Å². The van der Waals surface area contributed by atoms with Gasteiger partial charge < -0.3 is 9.73 Å². The van der Waals surface area contributed by atoms with E-state index >= 15 is 0 Å². The molecule has 5 rings (SSSR count). The number of hydrogen-bond acceptors (Lipinski definition) is 4. The largest absolute Gasteiger partial charge is 0.423 e. The van der Waals surface area contributed by atoms with Crippen LogP contribution in [-0.4, -0.2) is 24.0 Å². The first kappa shape index (κ1) is 18.1. The molecule has 0 aliphatic carbocycles. The fourth-order valence-electron chi connectivity index (χ4n) is 4.40. The summed E-state index contributed by atoms with van der Waals surface area (Å²) >= 11 is 0. The van der Waals surface area contributed by atoms with Crippen molar-refractivity contribution in [3.63, 3.8) is 0 Å². The maximum absolute atomic E-state index is 12.1. The van der Waals surface area contributed by atoms with Crippen molar-refractivity contribution in [3.05, 3.63) is 94.3 Å². The van der Waals surface area contributed by atoms with Gasteiger partial charge in [0.05, 0.1) is 0 Å². The summed E-state index contributed by atoms with van der Waals surface area (Å²) in [5.74, 6) is 0. The molecule has 0 spiro atoms. The Morgan fingerprint density at radius 2 is 1.83 bits per heavy atom. The van der Waals surface area contributed by atoms with Crippen LogP contribution in [0.25, 0.3) is 21.7 Å². The molecule has 4 nitrogen and oxygen atoms in total. The molecule has 2 heterocycles. The van der Waals surface area contributed by atoms with Gasteiger partial charge in [0.1, 0.15) is 5.58 Å². The van der Waals surface area contributed by atoms with Gasteiger partial charge >= 0.3 is 5.63 Å². The fourth-order valence-corrected chi connectivity index (χ4v) is 4.40. The molecule has 1 aliphatic rings. The number of nitrogens with one attached hydrogen (secondary N) is 1. The van der Waals surface area contributed by atoms with E-state index < -0.39 is 0 Å². The summed E-state index contributed by atoms with van der Waals surface area (Å²) < 4.78 is 5.47. The maximum Gasteiger partial charge on any atom is 0.336 e. The van der Waals surface area contributed by atoms with Gasteiger partial charge in [-0.15, -0.1) is 0 Å². The lowest BCUT2D eigenvalue weighted by Crippen LogP contribution is -2.32. The molecule has 1 fully saturated rings. The van der Waals surface area contributed by atoms with Gasteiger partial charge in [0.2, 0.25) is 0 Å². The summed E-state index contributed by atoms with van der Waals surface area (Å²) in [4.78, 5) is 14.6. The zero-order valence-corrected chi connectivity index (χ0v) is 16.3. The third-order valence-electron chi connectivity index (χ3n) is 5.82. The molecule has 0 amide bonds. The van der Waals surface area contributed by atoms with Gasteiger partial charge in [-0.05, 0) is 34.4 Å². The molecule has 146 valence electrons. The van der Waals surface area contributed by atoms with Crippen LogP contribution in [0.1, 0.15) is 17.5 Å². The predicted molar refractivity (Wildman–Crippen MR) is 117 cm³/mol. The molecule has 4 aromatic rings. The second kappa shape index (κ2) is 7.82. The summed E-state index contributed by atoms with van der Waals surface area (Å²) in [5, 5.41) is 7.00. The molecule has 3 aromatic carbocycles. The van der Waals surface area contributed by atoms with Crippen molar-refractivity contribution in [1.82, 2.24) is 10.2 Å². The van der Waals surface area contributed by atoms with Crippen LogP contribution in [0.3, 0.4) is 0 Å². The molecular weight excluding hydrogens is 360 g/mol. The van der Waals surface area contributed by atoms with Crippen LogP contribution in [0.15, 0.2) is 82.0 Å². The van der Waals surface area contributed by atoms with E-state index in [1.807, 2.05) is 24.3 Å². The number of rotatable bonds is 5. The molecule has 1 atom stereocenters. The van der Waals surface area contributed by atoms with Gasteiger partial charge in [-0.25, -0.2) is 4.79 Å². The lowest BCUT2D eigenvalue weighted by Gasteiger charge is -2.17. The molecule has 1 aromatic heterocycles. The third kappa shape index (κ3) is 3.82. The Balaban J connectivity index is 1.34. The van der Waals surface area contributed by atoms with Crippen LogP contribution < -0.4 is 10.9 Å². The maximum atomic E-state index is 12.1. The minimum Gasteiger partial charge on any atom is -0.423 e. The topological polar surface area (TPSA) is 45.5 Å². The van der Waals surface area contributed by atoms with Crippen molar-refractivity contribution in [2.24, 2.45) is 0 Å². The van der Waals surface area contributed by atoms with Gasteiger partial charge in [0, 0.05) is 43.7 Å². The van der Waals surface area contributed by atoms with E-state index in [1.165, 1.54) is 5.56 Å². The average molecular weight is 384 g/mol. The summed E-state index contributed by atoms with van der Waals surface area (Å²) in [5.41, 5.74) is 2.73. The average Bonchev–Trinajstić information content (AvgIpc) is 3.19. The number of nitrogens with zero attached hydrogens (tertiary/aromatic N) is 1. The molecule has 1 aliphatic heterocycles. The number of benzene rings is 3. The van der Waals surface area contributed by atoms with Crippen molar-refractivity contribution in [3.8, 4) is 0 Å². The highest BCUT2D eigenvalue weighted by Crippen LogP contribution is 2.27. The van der Waals surface area contributed by atoms with E-state index in [0.717, 1.165) is 47.8 Å². The lowest BCUT2D eigenvalue weighted by molar-refractivity contribution is 0.320. The summed E-state index contributed by atoms with van der Waals surface area (Å²) in [6.07, 6.45) is 1.12. The number of hydrogen-bond donors (Lipinski definition) is 1. The first-order valence-electron chi connectivity index (χ1n) is 10.2. The quantitative estimate of drug-likeness (QED) is 0.411. The van der Waals surface area contributed by atoms with Crippen molar-refractivity contribution in [2.45, 2.75) is 25.6 Å². The standard InChI is InChI=1S/C25H24N2O2/c28-24-14-20(25-22-9-5-4-8-19(22)10-11-23(25)29-24)15-26-21-12-13-27(17-21)16-18-6-2-1-3-7-18/h1-11,14,21,26H,12-13,15-17H2/t21-/m0/s1. The molecule has 1 N–H and O–H groups in total. The van der Waals surface area contributed by atoms with E-state index in [4.69, 9.17) is 4.42 Å². The van der Waals surface area contributed by atoms with E-state index in [2.05, 4.69) is 52.7 Å². The number of fused-ring (bicyclic) bond motifs is 3. The third-order valence-corrected chi connectivity index (χ3v) is 5.82. The zero-order valence-electron chi connectivity index (χ0n) is 16.3. The highest BCUT2D eigenvalue weighted by Gasteiger charge is 2.22. The SMILES string of the molecule is O=c1cc(CN[C@H]2CCN(Cc3ccccc3)C2)c2c(ccc3ccccc32)o1. The number of likely N-dealkylation sites (tertiary alicyclic amines) is 1. The van der Waals surface area contributed by atoms with Crippen LogP contribution in [-0.2, 0) is 13.1 Å². The van der Waals surface area contributed by atoms with E-state index in [9.17, 15) is 4.79 Å². The minimum atomic E-state index is -0.290. The molecule has 4 heteroatoms. The summed E-state index contributed by atoms with van der Waals surface area (Å²) in [6.45, 7) is 3.77. The van der Waals surface area contributed by atoms with Gasteiger partial charge in [-0.3, -0.25) is 4.90 Å². The fraction of sp³-hybridized carbons (Fsp3) is 0.240. The highest BCUT2D eigenvalue weighted by molar-refractivity contribution is 6.07. The normalized spacial score (nSPS) is 17.3. The highest BCUT2D eigenvalue weighted by atomic mass is 16.4. The van der Waals surface area contributed by atoms with Crippen LogP contribution >= 0.6 is 0 Å². The van der Waals surface area contributed by atoms with Gasteiger partial charge in [-0.2, -0.15) is 0 Å². The van der Waals surface area contributed by atoms with Gasteiger partial charge in [-0.1, -0.05) is 60.7 Å². The smallest absolute Gasteiger partial charge is 0.336 e. The molecule has 1 saturated heterocycles. The zero-order chi connectivity index (χ0) is 19.6. The second-order valence-corrected chi connectivity index (χ2v) is 7.84. The Labute approximate surface area is 169 Å². The molecular formula is C25H24N2O2.